The number of amides is 1. The van der Waals surface area contributed by atoms with Crippen LogP contribution in [0.15, 0.2) is 21.8 Å². The van der Waals surface area contributed by atoms with E-state index in [4.69, 9.17) is 0 Å². The highest BCUT2D eigenvalue weighted by Crippen LogP contribution is 2.24. The molecule has 1 aromatic heterocycles. The van der Waals surface area contributed by atoms with Gasteiger partial charge in [-0.2, -0.15) is 0 Å². The van der Waals surface area contributed by atoms with E-state index in [2.05, 4.69) is 26.2 Å². The number of nitrogens with one attached hydrogen (secondary N) is 1. The van der Waals surface area contributed by atoms with Gasteiger partial charge in [0.1, 0.15) is 5.03 Å². The van der Waals surface area contributed by atoms with Gasteiger partial charge in [0.15, 0.2) is 0 Å². The second-order valence-corrected chi connectivity index (χ2v) is 5.17. The molecule has 0 unspecified atom stereocenters. The number of hydrogen-bond acceptors (Lipinski definition) is 3. The molecule has 80 valence electrons. The van der Waals surface area contributed by atoms with Crippen molar-refractivity contribution in [2.45, 2.75) is 23.9 Å². The SMILES string of the molecule is CSc1ncc(Br)cc1C(=O)NC1CC1. The summed E-state index contributed by atoms with van der Waals surface area (Å²) in [4.78, 5) is 16.0. The summed E-state index contributed by atoms with van der Waals surface area (Å²) in [7, 11) is 0. The second kappa shape index (κ2) is 4.53. The lowest BCUT2D eigenvalue weighted by molar-refractivity contribution is 0.0947. The number of carbonyl (C=O) groups is 1. The van der Waals surface area contributed by atoms with Gasteiger partial charge in [0.2, 0.25) is 0 Å². The summed E-state index contributed by atoms with van der Waals surface area (Å²) in [5, 5.41) is 3.73. The Kier molecular flexibility index (Phi) is 3.31. The first-order chi connectivity index (χ1) is 7.20. The van der Waals surface area contributed by atoms with Crippen LogP contribution in [0.3, 0.4) is 0 Å². The predicted octanol–water partition coefficient (Wildman–Crippen LogP) is 2.46. The maximum Gasteiger partial charge on any atom is 0.254 e. The lowest BCUT2D eigenvalue weighted by Gasteiger charge is -2.07. The fourth-order valence-electron chi connectivity index (χ4n) is 1.24. The van der Waals surface area contributed by atoms with Gasteiger partial charge in [0, 0.05) is 16.7 Å². The van der Waals surface area contributed by atoms with Crippen molar-refractivity contribution in [1.82, 2.24) is 10.3 Å². The van der Waals surface area contributed by atoms with Gasteiger partial charge >= 0.3 is 0 Å². The Morgan fingerprint density at radius 3 is 3.00 bits per heavy atom. The van der Waals surface area contributed by atoms with Crippen LogP contribution in [0.4, 0.5) is 0 Å². The van der Waals surface area contributed by atoms with Crippen LogP contribution in [0.1, 0.15) is 23.2 Å². The molecule has 1 fully saturated rings. The highest BCUT2D eigenvalue weighted by atomic mass is 79.9. The minimum absolute atomic E-state index is 0.0179. The lowest BCUT2D eigenvalue weighted by atomic mass is 10.2. The van der Waals surface area contributed by atoms with E-state index < -0.39 is 0 Å². The number of rotatable bonds is 3. The molecule has 1 aromatic rings. The molecule has 0 radical (unpaired) electrons. The van der Waals surface area contributed by atoms with Crippen molar-refractivity contribution in [2.24, 2.45) is 0 Å². The fraction of sp³-hybridized carbons (Fsp3) is 0.400. The van der Waals surface area contributed by atoms with Crippen molar-refractivity contribution in [1.29, 1.82) is 0 Å². The van der Waals surface area contributed by atoms with Crippen molar-refractivity contribution < 1.29 is 4.79 Å². The monoisotopic (exact) mass is 286 g/mol. The standard InChI is InChI=1S/C10H11BrN2OS/c1-15-10-8(4-6(11)5-12-10)9(14)13-7-2-3-7/h4-5,7H,2-3H2,1H3,(H,13,14). The van der Waals surface area contributed by atoms with E-state index >= 15 is 0 Å². The predicted molar refractivity (Wildman–Crippen MR) is 64.2 cm³/mol. The third-order valence-electron chi connectivity index (χ3n) is 2.17. The molecular formula is C10H11BrN2OS. The molecule has 0 spiro atoms. The number of hydrogen-bond donors (Lipinski definition) is 1. The molecule has 1 aliphatic carbocycles. The molecule has 0 atom stereocenters. The zero-order chi connectivity index (χ0) is 10.8. The Morgan fingerprint density at radius 2 is 2.40 bits per heavy atom. The highest BCUT2D eigenvalue weighted by molar-refractivity contribution is 9.10. The van der Waals surface area contributed by atoms with E-state index in [1.807, 2.05) is 12.3 Å². The molecule has 1 N–H and O–H groups in total. The zero-order valence-corrected chi connectivity index (χ0v) is 10.7. The summed E-state index contributed by atoms with van der Waals surface area (Å²) in [6.45, 7) is 0. The number of aromatic nitrogens is 1. The van der Waals surface area contributed by atoms with E-state index in [0.717, 1.165) is 22.3 Å². The van der Waals surface area contributed by atoms with E-state index in [0.29, 0.717) is 11.6 Å². The van der Waals surface area contributed by atoms with Gasteiger partial charge in [-0.1, -0.05) is 0 Å². The van der Waals surface area contributed by atoms with Gasteiger partial charge in [-0.25, -0.2) is 4.98 Å². The summed E-state index contributed by atoms with van der Waals surface area (Å²) in [5.74, 6) is -0.0179. The molecule has 1 aliphatic rings. The molecule has 0 aromatic carbocycles. The van der Waals surface area contributed by atoms with Crippen LogP contribution >= 0.6 is 27.7 Å². The third-order valence-corrected chi connectivity index (χ3v) is 3.31. The Hall–Kier alpha value is -0.550. The molecule has 0 aliphatic heterocycles. The highest BCUT2D eigenvalue weighted by Gasteiger charge is 2.25. The number of halogens is 1. The van der Waals surface area contributed by atoms with Crippen molar-refractivity contribution in [3.05, 3.63) is 22.3 Å². The van der Waals surface area contributed by atoms with Gasteiger partial charge in [0.05, 0.1) is 5.56 Å². The van der Waals surface area contributed by atoms with Crippen molar-refractivity contribution in [3.8, 4) is 0 Å². The van der Waals surface area contributed by atoms with Crippen LogP contribution in [0.5, 0.6) is 0 Å². The second-order valence-electron chi connectivity index (χ2n) is 3.46. The van der Waals surface area contributed by atoms with E-state index in [1.54, 1.807) is 6.20 Å². The quantitative estimate of drug-likeness (QED) is 0.868. The average molecular weight is 287 g/mol. The molecular weight excluding hydrogens is 276 g/mol. The maximum atomic E-state index is 11.8. The minimum atomic E-state index is -0.0179. The normalized spacial score (nSPS) is 15.1. The van der Waals surface area contributed by atoms with Crippen molar-refractivity contribution >= 4 is 33.6 Å². The van der Waals surface area contributed by atoms with Gasteiger partial charge in [-0.15, -0.1) is 11.8 Å². The van der Waals surface area contributed by atoms with Crippen LogP contribution in [0, 0.1) is 0 Å². The Labute approximate surface area is 101 Å². The summed E-state index contributed by atoms with van der Waals surface area (Å²) in [5.41, 5.74) is 0.656. The first-order valence-electron chi connectivity index (χ1n) is 4.71. The molecule has 5 heteroatoms. The van der Waals surface area contributed by atoms with Gasteiger partial charge in [-0.05, 0) is 41.1 Å². The summed E-state index contributed by atoms with van der Waals surface area (Å²) < 4.78 is 0.834. The molecule has 1 amide bonds. The lowest BCUT2D eigenvalue weighted by Crippen LogP contribution is -2.26. The van der Waals surface area contributed by atoms with Crippen LogP contribution in [-0.2, 0) is 0 Å². The average Bonchev–Trinajstić information content (AvgIpc) is 3.01. The molecule has 0 bridgehead atoms. The molecule has 3 nitrogen and oxygen atoms in total. The van der Waals surface area contributed by atoms with Crippen molar-refractivity contribution in [3.63, 3.8) is 0 Å². The number of pyridine rings is 1. The van der Waals surface area contributed by atoms with Crippen LogP contribution in [0.2, 0.25) is 0 Å². The zero-order valence-electron chi connectivity index (χ0n) is 8.29. The Morgan fingerprint density at radius 1 is 1.67 bits per heavy atom. The Balaban J connectivity index is 2.23. The number of thioether (sulfide) groups is 1. The summed E-state index contributed by atoms with van der Waals surface area (Å²) in [6.07, 6.45) is 5.83. The first-order valence-corrected chi connectivity index (χ1v) is 6.73. The Bertz CT molecular complexity index is 393. The van der Waals surface area contributed by atoms with Gasteiger partial charge in [0.25, 0.3) is 5.91 Å². The molecule has 1 saturated carbocycles. The van der Waals surface area contributed by atoms with Crippen molar-refractivity contribution in [2.75, 3.05) is 6.26 Å². The maximum absolute atomic E-state index is 11.8. The smallest absolute Gasteiger partial charge is 0.254 e. The fourth-order valence-corrected chi connectivity index (χ4v) is 2.10. The van der Waals surface area contributed by atoms with Gasteiger partial charge in [-0.3, -0.25) is 4.79 Å². The number of nitrogens with zero attached hydrogens (tertiary/aromatic N) is 1. The van der Waals surface area contributed by atoms with Crippen LogP contribution < -0.4 is 5.32 Å². The molecule has 2 rings (SSSR count). The summed E-state index contributed by atoms with van der Waals surface area (Å²) in [6, 6.07) is 2.20. The first kappa shape index (κ1) is 11.0. The van der Waals surface area contributed by atoms with E-state index in [9.17, 15) is 4.79 Å². The third kappa shape index (κ3) is 2.72. The van der Waals surface area contributed by atoms with E-state index in [1.165, 1.54) is 11.8 Å². The van der Waals surface area contributed by atoms with Crippen LogP contribution in [-0.4, -0.2) is 23.2 Å². The molecule has 1 heterocycles. The molecule has 0 saturated heterocycles. The minimum Gasteiger partial charge on any atom is -0.349 e. The van der Waals surface area contributed by atoms with Crippen LogP contribution in [0.25, 0.3) is 0 Å². The topological polar surface area (TPSA) is 42.0 Å². The largest absolute Gasteiger partial charge is 0.349 e. The molecule has 15 heavy (non-hydrogen) atoms. The van der Waals surface area contributed by atoms with E-state index in [-0.39, 0.29) is 5.91 Å². The number of carbonyl (C=O) groups excluding carboxylic acids is 1. The van der Waals surface area contributed by atoms with Gasteiger partial charge < -0.3 is 5.32 Å². The summed E-state index contributed by atoms with van der Waals surface area (Å²) >= 11 is 4.81.